The Hall–Kier alpha value is -2.32. The average Bonchev–Trinajstić information content (AvgIpc) is 3.09. The summed E-state index contributed by atoms with van der Waals surface area (Å²) in [6.45, 7) is 7.26. The lowest BCUT2D eigenvalue weighted by atomic mass is 9.96. The van der Waals surface area contributed by atoms with E-state index in [-0.39, 0.29) is 17.8 Å². The maximum absolute atomic E-state index is 12.8. The van der Waals surface area contributed by atoms with E-state index in [2.05, 4.69) is 27.2 Å². The van der Waals surface area contributed by atoms with Gasteiger partial charge in [-0.1, -0.05) is 6.07 Å². The number of likely N-dealkylation sites (tertiary alicyclic amines) is 1. The van der Waals surface area contributed by atoms with Crippen LogP contribution in [0.25, 0.3) is 0 Å². The molecule has 1 aromatic carbocycles. The largest absolute Gasteiger partial charge is 0.457 e. The predicted molar refractivity (Wildman–Crippen MR) is 109 cm³/mol. The number of carbonyl (C=O) groups is 2. The standard InChI is InChI=1S/C21H24N4O3S/c1-11-13(4-5-14-17(11)10-28-20(14)27)6-7-25-8-15-16(9-25)18(15)19(26)24(3)21-22-12(2)23-29-21/h4-5,15-16,18H,6-10H2,1-3H3. The molecule has 7 nitrogen and oxygen atoms in total. The molecule has 152 valence electrons. The molecular formula is C21H24N4O3S. The maximum Gasteiger partial charge on any atom is 0.338 e. The number of nitrogens with zero attached hydrogens (tertiary/aromatic N) is 4. The van der Waals surface area contributed by atoms with Crippen molar-refractivity contribution in [1.29, 1.82) is 0 Å². The van der Waals surface area contributed by atoms with Gasteiger partial charge in [-0.25, -0.2) is 9.78 Å². The van der Waals surface area contributed by atoms with Crippen LogP contribution < -0.4 is 4.90 Å². The molecule has 0 radical (unpaired) electrons. The van der Waals surface area contributed by atoms with Gasteiger partial charge in [-0.15, -0.1) is 0 Å². The van der Waals surface area contributed by atoms with E-state index in [0.29, 0.717) is 35.0 Å². The zero-order chi connectivity index (χ0) is 20.3. The molecule has 1 amide bonds. The van der Waals surface area contributed by atoms with Crippen LogP contribution in [0.3, 0.4) is 0 Å². The van der Waals surface area contributed by atoms with Crippen molar-refractivity contribution >= 4 is 28.5 Å². The van der Waals surface area contributed by atoms with Crippen LogP contribution in [0.1, 0.15) is 32.9 Å². The van der Waals surface area contributed by atoms with Gasteiger partial charge in [0, 0.05) is 49.7 Å². The molecule has 2 aliphatic heterocycles. The Morgan fingerprint density at radius 2 is 2.07 bits per heavy atom. The van der Waals surface area contributed by atoms with Gasteiger partial charge in [0.15, 0.2) is 0 Å². The fourth-order valence-corrected chi connectivity index (χ4v) is 5.49. The first-order chi connectivity index (χ1) is 13.9. The number of carbonyl (C=O) groups excluding carboxylic acids is 2. The molecule has 3 aliphatic rings. The lowest BCUT2D eigenvalue weighted by Gasteiger charge is -2.21. The van der Waals surface area contributed by atoms with Crippen molar-refractivity contribution in [1.82, 2.24) is 14.3 Å². The normalized spacial score (nSPS) is 24.9. The number of esters is 1. The van der Waals surface area contributed by atoms with Crippen molar-refractivity contribution in [2.75, 3.05) is 31.6 Å². The number of cyclic esters (lactones) is 1. The van der Waals surface area contributed by atoms with Crippen LogP contribution in [-0.2, 0) is 22.6 Å². The Labute approximate surface area is 173 Å². The molecule has 0 bridgehead atoms. The third kappa shape index (κ3) is 3.14. The van der Waals surface area contributed by atoms with Gasteiger partial charge >= 0.3 is 5.97 Å². The van der Waals surface area contributed by atoms with Gasteiger partial charge in [0.1, 0.15) is 12.4 Å². The number of piperidine rings is 1. The molecule has 29 heavy (non-hydrogen) atoms. The summed E-state index contributed by atoms with van der Waals surface area (Å²) in [7, 11) is 1.80. The number of amides is 1. The minimum absolute atomic E-state index is 0.130. The number of hydrogen-bond donors (Lipinski definition) is 0. The molecule has 8 heteroatoms. The monoisotopic (exact) mass is 412 g/mol. The smallest absolute Gasteiger partial charge is 0.338 e. The van der Waals surface area contributed by atoms with Gasteiger partial charge in [0.25, 0.3) is 0 Å². The molecule has 2 fully saturated rings. The highest BCUT2D eigenvalue weighted by atomic mass is 32.1. The Bertz CT molecular complexity index is 992. The molecular weight excluding hydrogens is 388 g/mol. The molecule has 2 atom stereocenters. The van der Waals surface area contributed by atoms with Gasteiger partial charge in [-0.05, 0) is 49.3 Å². The van der Waals surface area contributed by atoms with Crippen molar-refractivity contribution in [3.63, 3.8) is 0 Å². The van der Waals surface area contributed by atoms with Gasteiger partial charge in [-0.3, -0.25) is 9.69 Å². The summed E-state index contributed by atoms with van der Waals surface area (Å²) in [6, 6.07) is 3.96. The summed E-state index contributed by atoms with van der Waals surface area (Å²) in [4.78, 5) is 33.0. The second kappa shape index (κ2) is 6.88. The highest BCUT2D eigenvalue weighted by Crippen LogP contribution is 2.52. The third-order valence-corrected chi connectivity index (χ3v) is 7.55. The van der Waals surface area contributed by atoms with Crippen LogP contribution in [0.2, 0.25) is 0 Å². The van der Waals surface area contributed by atoms with E-state index in [1.54, 1.807) is 11.9 Å². The molecule has 1 saturated heterocycles. The number of ether oxygens (including phenoxy) is 1. The molecule has 2 aromatic rings. The average molecular weight is 413 g/mol. The first kappa shape index (κ1) is 18.7. The van der Waals surface area contributed by atoms with Gasteiger partial charge in [-0.2, -0.15) is 4.37 Å². The molecule has 1 aliphatic carbocycles. The molecule has 1 saturated carbocycles. The number of rotatable bonds is 5. The predicted octanol–water partition coefficient (Wildman–Crippen LogP) is 2.21. The first-order valence-electron chi connectivity index (χ1n) is 10.0. The van der Waals surface area contributed by atoms with Gasteiger partial charge in [0.2, 0.25) is 11.0 Å². The summed E-state index contributed by atoms with van der Waals surface area (Å²) in [5.74, 6) is 1.74. The SMILES string of the molecule is Cc1nsc(N(C)C(=O)C2C3CN(CCc4ccc5c(c4C)COC5=O)CC32)n1. The topological polar surface area (TPSA) is 75.6 Å². The maximum atomic E-state index is 12.8. The Morgan fingerprint density at radius 3 is 2.76 bits per heavy atom. The summed E-state index contributed by atoms with van der Waals surface area (Å²) in [6.07, 6.45) is 0.954. The van der Waals surface area contributed by atoms with Crippen LogP contribution in [0, 0.1) is 31.6 Å². The fourth-order valence-electron chi connectivity index (χ4n) is 4.85. The van der Waals surface area contributed by atoms with Gasteiger partial charge < -0.3 is 9.64 Å². The van der Waals surface area contributed by atoms with Crippen molar-refractivity contribution in [2.24, 2.45) is 17.8 Å². The fraction of sp³-hybridized carbons (Fsp3) is 0.524. The first-order valence-corrected chi connectivity index (χ1v) is 10.8. The van der Waals surface area contributed by atoms with Crippen LogP contribution in [0.5, 0.6) is 0 Å². The van der Waals surface area contributed by atoms with E-state index in [1.807, 2.05) is 13.0 Å². The minimum Gasteiger partial charge on any atom is -0.457 e. The number of benzene rings is 1. The molecule has 2 unspecified atom stereocenters. The Kier molecular flexibility index (Phi) is 4.43. The minimum atomic E-state index is -0.210. The van der Waals surface area contributed by atoms with Crippen LogP contribution in [0.4, 0.5) is 5.13 Å². The van der Waals surface area contributed by atoms with Crippen LogP contribution in [0.15, 0.2) is 12.1 Å². The lowest BCUT2D eigenvalue weighted by molar-refractivity contribution is -0.120. The number of anilines is 1. The van der Waals surface area contributed by atoms with Crippen molar-refractivity contribution in [2.45, 2.75) is 26.9 Å². The zero-order valence-corrected chi connectivity index (χ0v) is 17.7. The van der Waals surface area contributed by atoms with E-state index in [0.717, 1.165) is 31.6 Å². The van der Waals surface area contributed by atoms with E-state index in [9.17, 15) is 9.59 Å². The summed E-state index contributed by atoms with van der Waals surface area (Å²) in [5, 5.41) is 0.684. The molecule has 0 spiro atoms. The Balaban J connectivity index is 1.16. The second-order valence-corrected chi connectivity index (χ2v) is 9.07. The third-order valence-electron chi connectivity index (χ3n) is 6.66. The highest BCUT2D eigenvalue weighted by molar-refractivity contribution is 7.09. The van der Waals surface area contributed by atoms with Crippen molar-refractivity contribution in [3.05, 3.63) is 40.2 Å². The zero-order valence-electron chi connectivity index (χ0n) is 16.8. The number of aromatic nitrogens is 2. The Morgan fingerprint density at radius 1 is 1.31 bits per heavy atom. The highest BCUT2D eigenvalue weighted by Gasteiger charge is 2.59. The summed E-state index contributed by atoms with van der Waals surface area (Å²) < 4.78 is 9.32. The number of hydrogen-bond acceptors (Lipinski definition) is 7. The quantitative estimate of drug-likeness (QED) is 0.701. The van der Waals surface area contributed by atoms with Crippen molar-refractivity contribution in [3.8, 4) is 0 Å². The summed E-state index contributed by atoms with van der Waals surface area (Å²) in [5.41, 5.74) is 4.21. The number of fused-ring (bicyclic) bond motifs is 2. The van der Waals surface area contributed by atoms with E-state index >= 15 is 0 Å². The van der Waals surface area contributed by atoms with E-state index < -0.39 is 0 Å². The van der Waals surface area contributed by atoms with E-state index in [4.69, 9.17) is 4.74 Å². The van der Waals surface area contributed by atoms with Gasteiger partial charge in [0.05, 0.1) is 5.56 Å². The molecule has 5 rings (SSSR count). The molecule has 0 N–H and O–H groups in total. The number of aryl methyl sites for hydroxylation is 1. The molecule has 1 aromatic heterocycles. The second-order valence-electron chi connectivity index (χ2n) is 8.34. The van der Waals surface area contributed by atoms with Crippen molar-refractivity contribution < 1.29 is 14.3 Å². The lowest BCUT2D eigenvalue weighted by Crippen LogP contribution is -2.34. The van der Waals surface area contributed by atoms with E-state index in [1.165, 1.54) is 22.7 Å². The molecule has 3 heterocycles. The summed E-state index contributed by atoms with van der Waals surface area (Å²) >= 11 is 1.28. The van der Waals surface area contributed by atoms with Crippen LogP contribution in [-0.4, -0.2) is 52.8 Å². The van der Waals surface area contributed by atoms with Crippen LogP contribution >= 0.6 is 11.5 Å².